The van der Waals surface area contributed by atoms with Crippen LogP contribution in [0.5, 0.6) is 0 Å². The predicted octanol–water partition coefficient (Wildman–Crippen LogP) is 2.69. The number of benzene rings is 1. The van der Waals surface area contributed by atoms with Gasteiger partial charge in [0.1, 0.15) is 0 Å². The number of hydrogen-bond acceptors (Lipinski definition) is 2. The summed E-state index contributed by atoms with van der Waals surface area (Å²) < 4.78 is 0. The van der Waals surface area contributed by atoms with Crippen molar-refractivity contribution in [3.63, 3.8) is 0 Å². The van der Waals surface area contributed by atoms with Crippen LogP contribution in [0.4, 0.5) is 0 Å². The molecule has 1 aliphatic rings. The first-order chi connectivity index (χ1) is 9.16. The van der Waals surface area contributed by atoms with Crippen LogP contribution in [-0.4, -0.2) is 25.5 Å². The van der Waals surface area contributed by atoms with Crippen LogP contribution in [0.15, 0.2) is 29.8 Å². The van der Waals surface area contributed by atoms with E-state index < -0.39 is 0 Å². The number of hydrogen-bond donors (Lipinski definition) is 2. The molecule has 1 amide bonds. The summed E-state index contributed by atoms with van der Waals surface area (Å²) in [5.74, 6) is -0.0244. The van der Waals surface area contributed by atoms with Crippen LogP contribution in [0.3, 0.4) is 0 Å². The van der Waals surface area contributed by atoms with Gasteiger partial charge >= 0.3 is 0 Å². The summed E-state index contributed by atoms with van der Waals surface area (Å²) in [5, 5.41) is 6.90. The Hall–Kier alpha value is -1.32. The fourth-order valence-electron chi connectivity index (χ4n) is 2.21. The SMILES string of the molecule is Cc1cc(Cl)ccc1C(=O)NCCC1=CCNCC1. The van der Waals surface area contributed by atoms with E-state index in [-0.39, 0.29) is 5.91 Å². The topological polar surface area (TPSA) is 41.1 Å². The second-order valence-corrected chi connectivity index (χ2v) is 5.22. The van der Waals surface area contributed by atoms with Gasteiger partial charge in [-0.3, -0.25) is 4.79 Å². The van der Waals surface area contributed by atoms with E-state index in [1.807, 2.05) is 13.0 Å². The third kappa shape index (κ3) is 4.08. The monoisotopic (exact) mass is 278 g/mol. The fraction of sp³-hybridized carbons (Fsp3) is 0.400. The number of aryl methyl sites for hydroxylation is 1. The Kier molecular flexibility index (Phi) is 5.00. The predicted molar refractivity (Wildman–Crippen MR) is 78.7 cm³/mol. The molecule has 2 N–H and O–H groups in total. The van der Waals surface area contributed by atoms with E-state index >= 15 is 0 Å². The fourth-order valence-corrected chi connectivity index (χ4v) is 2.44. The molecule has 19 heavy (non-hydrogen) atoms. The van der Waals surface area contributed by atoms with Gasteiger partial charge in [-0.25, -0.2) is 0 Å². The molecular formula is C15H19ClN2O. The highest BCUT2D eigenvalue weighted by Crippen LogP contribution is 2.15. The van der Waals surface area contributed by atoms with Crippen LogP contribution >= 0.6 is 11.6 Å². The molecule has 0 radical (unpaired) electrons. The van der Waals surface area contributed by atoms with Crippen LogP contribution in [0.1, 0.15) is 28.8 Å². The third-order valence-corrected chi connectivity index (χ3v) is 3.56. The molecule has 0 unspecified atom stereocenters. The van der Waals surface area contributed by atoms with Gasteiger partial charge in [0.15, 0.2) is 0 Å². The maximum absolute atomic E-state index is 12.0. The van der Waals surface area contributed by atoms with Crippen LogP contribution in [0, 0.1) is 6.92 Å². The highest BCUT2D eigenvalue weighted by Gasteiger charge is 2.09. The zero-order valence-electron chi connectivity index (χ0n) is 11.1. The van der Waals surface area contributed by atoms with Gasteiger partial charge in [-0.05, 0) is 50.1 Å². The van der Waals surface area contributed by atoms with E-state index in [2.05, 4.69) is 16.7 Å². The molecule has 2 rings (SSSR count). The first-order valence-corrected chi connectivity index (χ1v) is 6.97. The van der Waals surface area contributed by atoms with Gasteiger partial charge in [0.2, 0.25) is 0 Å². The second kappa shape index (κ2) is 6.73. The number of amides is 1. The minimum atomic E-state index is -0.0244. The van der Waals surface area contributed by atoms with Gasteiger partial charge in [0.25, 0.3) is 5.91 Å². The summed E-state index contributed by atoms with van der Waals surface area (Å²) in [5.41, 5.74) is 3.03. The highest BCUT2D eigenvalue weighted by atomic mass is 35.5. The molecule has 4 heteroatoms. The van der Waals surface area contributed by atoms with E-state index in [9.17, 15) is 4.79 Å². The van der Waals surface area contributed by atoms with Gasteiger partial charge in [-0.2, -0.15) is 0 Å². The smallest absolute Gasteiger partial charge is 0.251 e. The van der Waals surface area contributed by atoms with E-state index in [0.29, 0.717) is 17.1 Å². The Labute approximate surface area is 119 Å². The molecule has 0 fully saturated rings. The van der Waals surface area contributed by atoms with Crippen molar-refractivity contribution < 1.29 is 4.79 Å². The molecule has 1 heterocycles. The first-order valence-electron chi connectivity index (χ1n) is 6.60. The summed E-state index contributed by atoms with van der Waals surface area (Å²) in [6.45, 7) is 4.57. The van der Waals surface area contributed by atoms with Gasteiger partial charge in [-0.15, -0.1) is 0 Å². The van der Waals surface area contributed by atoms with Crippen molar-refractivity contribution in [2.24, 2.45) is 0 Å². The zero-order valence-corrected chi connectivity index (χ0v) is 11.9. The Balaban J connectivity index is 1.85. The number of halogens is 1. The van der Waals surface area contributed by atoms with Gasteiger partial charge in [0.05, 0.1) is 0 Å². The molecule has 0 atom stereocenters. The minimum Gasteiger partial charge on any atom is -0.352 e. The maximum atomic E-state index is 12.0. The van der Waals surface area contributed by atoms with E-state index in [1.54, 1.807) is 12.1 Å². The average molecular weight is 279 g/mol. The molecule has 0 bridgehead atoms. The van der Waals surface area contributed by atoms with Crippen molar-refractivity contribution in [3.8, 4) is 0 Å². The summed E-state index contributed by atoms with van der Waals surface area (Å²) in [6, 6.07) is 5.33. The molecule has 1 aromatic rings. The molecule has 0 aliphatic carbocycles. The quantitative estimate of drug-likeness (QED) is 0.832. The van der Waals surface area contributed by atoms with E-state index in [4.69, 9.17) is 11.6 Å². The Morgan fingerprint density at radius 3 is 3.00 bits per heavy atom. The Bertz CT molecular complexity index is 497. The third-order valence-electron chi connectivity index (χ3n) is 3.32. The molecule has 102 valence electrons. The lowest BCUT2D eigenvalue weighted by Gasteiger charge is -2.14. The normalized spacial score (nSPS) is 14.9. The van der Waals surface area contributed by atoms with Crippen molar-refractivity contribution in [1.29, 1.82) is 0 Å². The van der Waals surface area contributed by atoms with Crippen LogP contribution in [-0.2, 0) is 0 Å². The van der Waals surface area contributed by atoms with E-state index in [0.717, 1.165) is 31.5 Å². The van der Waals surface area contributed by atoms with Crippen LogP contribution in [0.25, 0.3) is 0 Å². The summed E-state index contributed by atoms with van der Waals surface area (Å²) in [6.07, 6.45) is 4.22. The second-order valence-electron chi connectivity index (χ2n) is 4.78. The van der Waals surface area contributed by atoms with E-state index in [1.165, 1.54) is 5.57 Å². The molecule has 0 spiro atoms. The molecule has 1 aliphatic heterocycles. The summed E-state index contributed by atoms with van der Waals surface area (Å²) in [7, 11) is 0. The summed E-state index contributed by atoms with van der Waals surface area (Å²) >= 11 is 5.88. The van der Waals surface area contributed by atoms with Crippen LogP contribution < -0.4 is 10.6 Å². The van der Waals surface area contributed by atoms with Crippen molar-refractivity contribution in [3.05, 3.63) is 46.0 Å². The molecule has 0 saturated carbocycles. The molecular weight excluding hydrogens is 260 g/mol. The van der Waals surface area contributed by atoms with Crippen molar-refractivity contribution in [2.75, 3.05) is 19.6 Å². The van der Waals surface area contributed by atoms with Crippen molar-refractivity contribution in [1.82, 2.24) is 10.6 Å². The molecule has 0 aromatic heterocycles. The zero-order chi connectivity index (χ0) is 13.7. The van der Waals surface area contributed by atoms with Gasteiger partial charge < -0.3 is 10.6 Å². The minimum absolute atomic E-state index is 0.0244. The number of carbonyl (C=O) groups is 1. The van der Waals surface area contributed by atoms with Crippen molar-refractivity contribution in [2.45, 2.75) is 19.8 Å². The maximum Gasteiger partial charge on any atom is 0.251 e. The van der Waals surface area contributed by atoms with Gasteiger partial charge in [0, 0.05) is 23.7 Å². The number of nitrogens with one attached hydrogen (secondary N) is 2. The van der Waals surface area contributed by atoms with Crippen molar-refractivity contribution >= 4 is 17.5 Å². The lowest BCUT2D eigenvalue weighted by molar-refractivity contribution is 0.0953. The molecule has 1 aromatic carbocycles. The summed E-state index contributed by atoms with van der Waals surface area (Å²) in [4.78, 5) is 12.0. The Morgan fingerprint density at radius 1 is 1.47 bits per heavy atom. The largest absolute Gasteiger partial charge is 0.352 e. The number of carbonyl (C=O) groups excluding carboxylic acids is 1. The van der Waals surface area contributed by atoms with Gasteiger partial charge in [-0.1, -0.05) is 23.3 Å². The highest BCUT2D eigenvalue weighted by molar-refractivity contribution is 6.30. The average Bonchev–Trinajstić information content (AvgIpc) is 2.39. The molecule has 3 nitrogen and oxygen atoms in total. The molecule has 0 saturated heterocycles. The van der Waals surface area contributed by atoms with Crippen LogP contribution in [0.2, 0.25) is 5.02 Å². The lowest BCUT2D eigenvalue weighted by Crippen LogP contribution is -2.27. The lowest BCUT2D eigenvalue weighted by atomic mass is 10.1. The number of rotatable bonds is 4. The Morgan fingerprint density at radius 2 is 2.32 bits per heavy atom. The standard InChI is InChI=1S/C15H19ClN2O/c1-11-10-13(16)2-3-14(11)15(19)18-9-6-12-4-7-17-8-5-12/h2-4,10,17H,5-9H2,1H3,(H,18,19). The first kappa shape index (κ1) is 14.1.